The molecule has 0 aliphatic heterocycles. The Morgan fingerprint density at radius 3 is 2.22 bits per heavy atom. The number of halogens is 2. The van der Waals surface area contributed by atoms with Crippen molar-refractivity contribution in [1.29, 1.82) is 0 Å². The topological polar surface area (TPSA) is 97.7 Å². The summed E-state index contributed by atoms with van der Waals surface area (Å²) in [4.78, 5) is 23.6. The highest BCUT2D eigenvalue weighted by atomic mass is 32.2. The fourth-order valence-corrected chi connectivity index (χ4v) is 4.62. The molecule has 130 valence electrons. The smallest absolute Gasteiger partial charge is 0.457 e. The lowest BCUT2D eigenvalue weighted by molar-refractivity contribution is -0.174. The lowest BCUT2D eigenvalue weighted by Gasteiger charge is -2.46. The van der Waals surface area contributed by atoms with Gasteiger partial charge in [0.15, 0.2) is 0 Å². The highest BCUT2D eigenvalue weighted by Crippen LogP contribution is 2.48. The molecule has 4 saturated carbocycles. The summed E-state index contributed by atoms with van der Waals surface area (Å²) >= 11 is 0. The Bertz CT molecular complexity index is 613. The number of ketones is 1. The molecule has 0 aromatic carbocycles. The van der Waals surface area contributed by atoms with Crippen LogP contribution in [0.4, 0.5) is 8.78 Å². The summed E-state index contributed by atoms with van der Waals surface area (Å²) in [5.41, 5.74) is 0. The van der Waals surface area contributed by atoms with Gasteiger partial charge in [-0.05, 0) is 50.4 Å². The molecular formula is C14H18F2O6S. The van der Waals surface area contributed by atoms with Crippen molar-refractivity contribution in [2.75, 3.05) is 0 Å². The van der Waals surface area contributed by atoms with Crippen molar-refractivity contribution < 1.29 is 36.1 Å². The fourth-order valence-electron chi connectivity index (χ4n) is 4.36. The standard InChI is InChI=1S/C14H18F2O6S/c15-14(16,23(19,20)21)13(18)22-11-2-1-7-3-9-5-8(11)6-10(4-7)12(9)17/h7-11H,1-6H2,(H,19,20,21). The van der Waals surface area contributed by atoms with Gasteiger partial charge in [-0.25, -0.2) is 4.79 Å². The number of hydrogen-bond donors (Lipinski definition) is 1. The van der Waals surface area contributed by atoms with Crippen molar-refractivity contribution in [1.82, 2.24) is 0 Å². The molecule has 23 heavy (non-hydrogen) atoms. The molecular weight excluding hydrogens is 334 g/mol. The monoisotopic (exact) mass is 352 g/mol. The van der Waals surface area contributed by atoms with Gasteiger partial charge in [0.2, 0.25) is 0 Å². The van der Waals surface area contributed by atoms with Gasteiger partial charge in [0.05, 0.1) is 0 Å². The van der Waals surface area contributed by atoms with Crippen molar-refractivity contribution in [3.8, 4) is 0 Å². The summed E-state index contributed by atoms with van der Waals surface area (Å²) < 4.78 is 61.2. The third kappa shape index (κ3) is 2.88. The Morgan fingerprint density at radius 2 is 1.70 bits per heavy atom. The van der Waals surface area contributed by atoms with Crippen LogP contribution in [0.2, 0.25) is 0 Å². The first kappa shape index (κ1) is 16.8. The van der Waals surface area contributed by atoms with Crippen LogP contribution in [-0.2, 0) is 24.4 Å². The molecule has 9 heteroatoms. The Kier molecular flexibility index (Phi) is 3.99. The molecule has 4 fully saturated rings. The summed E-state index contributed by atoms with van der Waals surface area (Å²) in [5, 5.41) is -4.97. The van der Waals surface area contributed by atoms with Gasteiger partial charge in [0.1, 0.15) is 11.9 Å². The lowest BCUT2D eigenvalue weighted by atomic mass is 9.59. The summed E-state index contributed by atoms with van der Waals surface area (Å²) in [7, 11) is -5.86. The van der Waals surface area contributed by atoms with Gasteiger partial charge in [-0.15, -0.1) is 0 Å². The Labute approximate surface area is 132 Å². The van der Waals surface area contributed by atoms with Crippen molar-refractivity contribution in [2.24, 2.45) is 23.7 Å². The van der Waals surface area contributed by atoms with E-state index < -0.39 is 27.4 Å². The number of rotatable bonds is 3. The number of esters is 1. The molecule has 1 N–H and O–H groups in total. The van der Waals surface area contributed by atoms with E-state index in [2.05, 4.69) is 0 Å². The normalized spacial score (nSPS) is 37.3. The van der Waals surface area contributed by atoms with Crippen LogP contribution in [0.15, 0.2) is 0 Å². The SMILES string of the molecule is O=C1C2CC3CCC(OC(=O)C(F)(F)S(=O)(=O)O)C(C2)CC1C3. The van der Waals surface area contributed by atoms with Gasteiger partial charge < -0.3 is 4.74 Å². The minimum absolute atomic E-state index is 0.110. The van der Waals surface area contributed by atoms with Crippen molar-refractivity contribution in [3.63, 3.8) is 0 Å². The van der Waals surface area contributed by atoms with E-state index in [0.717, 1.165) is 12.8 Å². The van der Waals surface area contributed by atoms with Crippen molar-refractivity contribution in [2.45, 2.75) is 49.9 Å². The molecule has 0 saturated heterocycles. The predicted octanol–water partition coefficient (Wildman–Crippen LogP) is 1.79. The Hall–Kier alpha value is -1.09. The molecule has 0 heterocycles. The van der Waals surface area contributed by atoms with Gasteiger partial charge >= 0.3 is 21.3 Å². The van der Waals surface area contributed by atoms with E-state index in [4.69, 9.17) is 9.29 Å². The zero-order chi connectivity index (χ0) is 17.0. The van der Waals surface area contributed by atoms with Gasteiger partial charge in [-0.2, -0.15) is 17.2 Å². The molecule has 0 radical (unpaired) electrons. The van der Waals surface area contributed by atoms with Crippen LogP contribution in [0.1, 0.15) is 38.5 Å². The molecule has 0 aromatic rings. The van der Waals surface area contributed by atoms with Crippen LogP contribution in [0.25, 0.3) is 0 Å². The first-order valence-corrected chi connectivity index (χ1v) is 9.13. The Morgan fingerprint density at radius 1 is 1.13 bits per heavy atom. The van der Waals surface area contributed by atoms with E-state index in [1.807, 2.05) is 0 Å². The van der Waals surface area contributed by atoms with E-state index in [1.165, 1.54) is 0 Å². The third-order valence-electron chi connectivity index (χ3n) is 5.42. The van der Waals surface area contributed by atoms with Crippen LogP contribution in [0.3, 0.4) is 0 Å². The number of Topliss-reactive ketones (excluding diaryl/α,β-unsaturated/α-hetero) is 1. The highest BCUT2D eigenvalue weighted by Gasteiger charge is 2.56. The van der Waals surface area contributed by atoms with E-state index >= 15 is 0 Å². The van der Waals surface area contributed by atoms with E-state index in [0.29, 0.717) is 31.6 Å². The summed E-state index contributed by atoms with van der Waals surface area (Å²) in [5.74, 6) is -2.15. The fraction of sp³-hybridized carbons (Fsp3) is 0.857. The van der Waals surface area contributed by atoms with Crippen molar-refractivity contribution in [3.05, 3.63) is 0 Å². The largest absolute Gasteiger partial charge is 0.465 e. The second-order valence-corrected chi connectivity index (χ2v) is 8.34. The van der Waals surface area contributed by atoms with Crippen molar-refractivity contribution >= 4 is 21.9 Å². The maximum absolute atomic E-state index is 13.4. The molecule has 4 bridgehead atoms. The minimum Gasteiger partial charge on any atom is -0.457 e. The first-order valence-electron chi connectivity index (χ1n) is 7.69. The van der Waals surface area contributed by atoms with Crippen LogP contribution in [-0.4, -0.2) is 36.1 Å². The number of fused-ring (bicyclic) bond motifs is 2. The Balaban J connectivity index is 1.77. The van der Waals surface area contributed by atoms with E-state index in [1.54, 1.807) is 0 Å². The average molecular weight is 352 g/mol. The van der Waals surface area contributed by atoms with Gasteiger partial charge in [0.25, 0.3) is 0 Å². The van der Waals surface area contributed by atoms with Gasteiger partial charge in [-0.1, -0.05) is 0 Å². The molecule has 4 aliphatic rings. The van der Waals surface area contributed by atoms with Crippen LogP contribution in [0, 0.1) is 23.7 Å². The summed E-state index contributed by atoms with van der Waals surface area (Å²) in [6, 6.07) is 0. The molecule has 0 amide bonds. The molecule has 3 atom stereocenters. The van der Waals surface area contributed by atoms with Crippen LogP contribution >= 0.6 is 0 Å². The number of hydrogen-bond acceptors (Lipinski definition) is 5. The summed E-state index contributed by atoms with van der Waals surface area (Å²) in [6.45, 7) is 0. The second-order valence-electron chi connectivity index (χ2n) is 6.88. The van der Waals surface area contributed by atoms with Gasteiger partial charge in [0, 0.05) is 11.8 Å². The maximum atomic E-state index is 13.4. The summed E-state index contributed by atoms with van der Waals surface area (Å²) in [6.07, 6.45) is 2.77. The van der Waals surface area contributed by atoms with E-state index in [9.17, 15) is 26.8 Å². The van der Waals surface area contributed by atoms with Crippen LogP contribution in [0.5, 0.6) is 0 Å². The first-order chi connectivity index (χ1) is 10.6. The zero-order valence-electron chi connectivity index (χ0n) is 12.3. The number of alkyl halides is 2. The number of carbonyl (C=O) groups excluding carboxylic acids is 2. The maximum Gasteiger partial charge on any atom is 0.465 e. The molecule has 4 rings (SSSR count). The lowest BCUT2D eigenvalue weighted by Crippen LogP contribution is -2.48. The number of carbonyl (C=O) groups is 2. The second kappa shape index (κ2) is 5.47. The molecule has 0 aromatic heterocycles. The third-order valence-corrected chi connectivity index (χ3v) is 6.23. The molecule has 3 unspecified atom stereocenters. The quantitative estimate of drug-likeness (QED) is 0.614. The average Bonchev–Trinajstić information content (AvgIpc) is 2.39. The molecule has 0 spiro atoms. The highest BCUT2D eigenvalue weighted by molar-refractivity contribution is 7.87. The molecule has 6 nitrogen and oxygen atoms in total. The molecule has 4 aliphatic carbocycles. The van der Waals surface area contributed by atoms with E-state index in [-0.39, 0.29) is 23.5 Å². The number of ether oxygens (including phenoxy) is 1. The zero-order valence-corrected chi connectivity index (χ0v) is 13.1. The van der Waals surface area contributed by atoms with Gasteiger partial charge in [-0.3, -0.25) is 9.35 Å². The predicted molar refractivity (Wildman–Crippen MR) is 73.0 cm³/mol. The minimum atomic E-state index is -5.86. The van der Waals surface area contributed by atoms with Crippen LogP contribution < -0.4 is 0 Å².